The summed E-state index contributed by atoms with van der Waals surface area (Å²) in [5, 5.41) is 10.0. The first-order valence-corrected chi connectivity index (χ1v) is 9.66. The minimum Gasteiger partial charge on any atom is -0.355 e. The normalized spacial score (nSPS) is 24.8. The van der Waals surface area contributed by atoms with E-state index in [9.17, 15) is 0 Å². The van der Waals surface area contributed by atoms with Crippen molar-refractivity contribution in [1.29, 1.82) is 5.26 Å². The van der Waals surface area contributed by atoms with Crippen molar-refractivity contribution in [3.05, 3.63) is 36.7 Å². The van der Waals surface area contributed by atoms with Crippen molar-refractivity contribution in [1.82, 2.24) is 24.9 Å². The Morgan fingerprint density at radius 1 is 1.11 bits per heavy atom. The zero-order valence-corrected chi connectivity index (χ0v) is 15.8. The highest BCUT2D eigenvalue weighted by Crippen LogP contribution is 2.43. The average molecular weight is 374 g/mol. The molecule has 0 bridgehead atoms. The second-order valence-electron chi connectivity index (χ2n) is 8.08. The average Bonchev–Trinajstić information content (AvgIpc) is 3.21. The molecule has 2 aliphatic rings. The van der Waals surface area contributed by atoms with Gasteiger partial charge in [0.05, 0.1) is 17.8 Å². The lowest BCUT2D eigenvalue weighted by Crippen LogP contribution is -2.57. The van der Waals surface area contributed by atoms with Gasteiger partial charge in [0.15, 0.2) is 5.69 Å². The number of rotatable bonds is 2. The molecule has 5 heterocycles. The molecule has 0 aromatic carbocycles. The summed E-state index contributed by atoms with van der Waals surface area (Å²) in [7, 11) is 0. The van der Waals surface area contributed by atoms with E-state index in [1.807, 2.05) is 12.3 Å². The fourth-order valence-corrected chi connectivity index (χ4v) is 4.83. The van der Waals surface area contributed by atoms with Crippen LogP contribution in [0.1, 0.15) is 25.5 Å². The SMILES string of the molecule is C[C@@]12CN(c3cnc(C#N)cn3)CC[C@@H]1CCN(c1ncnc3[nH]ccc13)C2. The van der Waals surface area contributed by atoms with E-state index in [1.54, 1.807) is 18.7 Å². The van der Waals surface area contributed by atoms with Crippen LogP contribution in [-0.4, -0.2) is 51.1 Å². The van der Waals surface area contributed by atoms with E-state index in [2.05, 4.69) is 47.7 Å². The van der Waals surface area contributed by atoms with Crippen LogP contribution >= 0.6 is 0 Å². The first kappa shape index (κ1) is 16.9. The first-order valence-electron chi connectivity index (χ1n) is 9.66. The number of piperidine rings is 2. The Morgan fingerprint density at radius 3 is 2.71 bits per heavy atom. The molecule has 0 saturated carbocycles. The number of fused-ring (bicyclic) bond motifs is 2. The van der Waals surface area contributed by atoms with E-state index in [-0.39, 0.29) is 5.41 Å². The van der Waals surface area contributed by atoms with Gasteiger partial charge in [-0.15, -0.1) is 0 Å². The van der Waals surface area contributed by atoms with Crippen LogP contribution in [0.3, 0.4) is 0 Å². The number of nitrogens with zero attached hydrogens (tertiary/aromatic N) is 7. The molecule has 2 fully saturated rings. The van der Waals surface area contributed by atoms with Crippen LogP contribution in [0.5, 0.6) is 0 Å². The number of nitriles is 1. The van der Waals surface area contributed by atoms with E-state index >= 15 is 0 Å². The van der Waals surface area contributed by atoms with Crippen LogP contribution in [0.4, 0.5) is 11.6 Å². The third kappa shape index (κ3) is 2.74. The molecule has 2 aliphatic heterocycles. The summed E-state index contributed by atoms with van der Waals surface area (Å²) >= 11 is 0. The summed E-state index contributed by atoms with van der Waals surface area (Å²) < 4.78 is 0. The van der Waals surface area contributed by atoms with Gasteiger partial charge in [-0.2, -0.15) is 5.26 Å². The molecule has 3 aromatic heterocycles. The van der Waals surface area contributed by atoms with Gasteiger partial charge in [-0.05, 0) is 24.8 Å². The third-order valence-corrected chi connectivity index (χ3v) is 6.29. The molecule has 2 atom stereocenters. The standard InChI is InChI=1S/C20H22N8/c1-20-11-27(17-10-23-15(8-21)9-24-17)6-3-14(20)4-7-28(12-20)19-16-2-5-22-18(16)25-13-26-19/h2,5,9-10,13-14H,3-4,6-7,11-12H2,1H3,(H,22,25,26)/t14-,20+/m1/s1. The predicted octanol–water partition coefficient (Wildman–Crippen LogP) is 2.36. The largest absolute Gasteiger partial charge is 0.355 e. The minimum absolute atomic E-state index is 0.139. The molecule has 8 nitrogen and oxygen atoms in total. The smallest absolute Gasteiger partial charge is 0.158 e. The third-order valence-electron chi connectivity index (χ3n) is 6.29. The van der Waals surface area contributed by atoms with Gasteiger partial charge < -0.3 is 14.8 Å². The van der Waals surface area contributed by atoms with E-state index in [1.165, 1.54) is 6.42 Å². The van der Waals surface area contributed by atoms with Crippen molar-refractivity contribution >= 4 is 22.7 Å². The van der Waals surface area contributed by atoms with Gasteiger partial charge in [0.25, 0.3) is 0 Å². The molecule has 0 radical (unpaired) electrons. The molecule has 28 heavy (non-hydrogen) atoms. The zero-order valence-electron chi connectivity index (χ0n) is 15.8. The summed E-state index contributed by atoms with van der Waals surface area (Å²) in [6, 6.07) is 4.09. The van der Waals surface area contributed by atoms with E-state index in [4.69, 9.17) is 5.26 Å². The lowest BCUT2D eigenvalue weighted by molar-refractivity contribution is 0.125. The highest BCUT2D eigenvalue weighted by atomic mass is 15.3. The fourth-order valence-electron chi connectivity index (χ4n) is 4.83. The van der Waals surface area contributed by atoms with Gasteiger partial charge >= 0.3 is 0 Å². The summed E-state index contributed by atoms with van der Waals surface area (Å²) in [4.78, 5) is 25.5. The fraction of sp³-hybridized carbons (Fsp3) is 0.450. The summed E-state index contributed by atoms with van der Waals surface area (Å²) in [6.07, 6.45) is 9.15. The maximum Gasteiger partial charge on any atom is 0.158 e. The Bertz CT molecular complexity index is 1040. The van der Waals surface area contributed by atoms with Gasteiger partial charge in [0.2, 0.25) is 0 Å². The highest BCUT2D eigenvalue weighted by molar-refractivity contribution is 5.87. The van der Waals surface area contributed by atoms with E-state index < -0.39 is 0 Å². The predicted molar refractivity (Wildman–Crippen MR) is 106 cm³/mol. The number of H-pyrrole nitrogens is 1. The van der Waals surface area contributed by atoms with E-state index in [0.29, 0.717) is 11.6 Å². The number of nitrogens with one attached hydrogen (secondary N) is 1. The molecule has 0 aliphatic carbocycles. The van der Waals surface area contributed by atoms with Crippen LogP contribution in [0.15, 0.2) is 31.0 Å². The molecule has 8 heteroatoms. The number of anilines is 2. The molecule has 1 N–H and O–H groups in total. The van der Waals surface area contributed by atoms with Gasteiger partial charge in [-0.3, -0.25) is 0 Å². The van der Waals surface area contributed by atoms with Crippen LogP contribution < -0.4 is 9.80 Å². The Kier molecular flexibility index (Phi) is 3.90. The van der Waals surface area contributed by atoms with Crippen molar-refractivity contribution in [3.8, 4) is 6.07 Å². The molecule has 142 valence electrons. The molecule has 0 amide bonds. The summed E-state index contributed by atoms with van der Waals surface area (Å²) in [5.74, 6) is 2.56. The van der Waals surface area contributed by atoms with E-state index in [0.717, 1.165) is 55.3 Å². The quantitative estimate of drug-likeness (QED) is 0.735. The van der Waals surface area contributed by atoms with Gasteiger partial charge in [-0.1, -0.05) is 6.92 Å². The molecule has 3 aromatic rings. The van der Waals surface area contributed by atoms with Crippen molar-refractivity contribution < 1.29 is 0 Å². The molecular formula is C20H22N8. The zero-order chi connectivity index (χ0) is 19.1. The van der Waals surface area contributed by atoms with Crippen molar-refractivity contribution in [3.63, 3.8) is 0 Å². The van der Waals surface area contributed by atoms with Crippen LogP contribution in [-0.2, 0) is 0 Å². The second kappa shape index (κ2) is 6.44. The van der Waals surface area contributed by atoms with Crippen molar-refractivity contribution in [2.75, 3.05) is 36.0 Å². The maximum absolute atomic E-state index is 8.95. The Labute approximate surface area is 163 Å². The molecule has 5 rings (SSSR count). The van der Waals surface area contributed by atoms with Gasteiger partial charge in [0, 0.05) is 37.8 Å². The first-order chi connectivity index (χ1) is 13.7. The van der Waals surface area contributed by atoms with Crippen LogP contribution in [0.2, 0.25) is 0 Å². The lowest BCUT2D eigenvalue weighted by atomic mass is 9.68. The molecule has 0 spiro atoms. The Balaban J connectivity index is 1.40. The molecular weight excluding hydrogens is 352 g/mol. The maximum atomic E-state index is 8.95. The number of aromatic nitrogens is 5. The summed E-state index contributed by atoms with van der Waals surface area (Å²) in [6.45, 7) is 6.26. The van der Waals surface area contributed by atoms with Crippen LogP contribution in [0.25, 0.3) is 11.0 Å². The Morgan fingerprint density at radius 2 is 1.93 bits per heavy atom. The van der Waals surface area contributed by atoms with Gasteiger partial charge in [0.1, 0.15) is 29.7 Å². The minimum atomic E-state index is 0.139. The molecule has 0 unspecified atom stereocenters. The number of aromatic amines is 1. The van der Waals surface area contributed by atoms with Crippen molar-refractivity contribution in [2.24, 2.45) is 11.3 Å². The number of hydrogen-bond acceptors (Lipinski definition) is 7. The van der Waals surface area contributed by atoms with Crippen LogP contribution in [0, 0.1) is 22.7 Å². The monoisotopic (exact) mass is 374 g/mol. The molecule has 2 saturated heterocycles. The van der Waals surface area contributed by atoms with Gasteiger partial charge in [-0.25, -0.2) is 19.9 Å². The topological polar surface area (TPSA) is 97.6 Å². The van der Waals surface area contributed by atoms with Crippen molar-refractivity contribution in [2.45, 2.75) is 19.8 Å². The lowest BCUT2D eigenvalue weighted by Gasteiger charge is -2.52. The number of hydrogen-bond donors (Lipinski definition) is 1. The highest BCUT2D eigenvalue weighted by Gasteiger charge is 2.44. The second-order valence-corrected chi connectivity index (χ2v) is 8.08. The Hall–Kier alpha value is -3.21. The summed E-state index contributed by atoms with van der Waals surface area (Å²) in [5.41, 5.74) is 1.38.